The second kappa shape index (κ2) is 2.47. The SMILES string of the molecule is Cc1cn(CC(N)=O)nn1. The zero-order valence-corrected chi connectivity index (χ0v) is 5.61. The van der Waals surface area contributed by atoms with Gasteiger partial charge in [0.05, 0.1) is 5.69 Å². The highest BCUT2D eigenvalue weighted by Gasteiger charge is 1.97. The number of amides is 1. The monoisotopic (exact) mass is 140 g/mol. The average molecular weight is 140 g/mol. The number of aromatic nitrogens is 3. The number of carbonyl (C=O) groups is 1. The number of hydrogen-bond donors (Lipinski definition) is 1. The van der Waals surface area contributed by atoms with Crippen molar-refractivity contribution in [3.05, 3.63) is 11.9 Å². The molecule has 0 radical (unpaired) electrons. The van der Waals surface area contributed by atoms with E-state index in [9.17, 15) is 4.79 Å². The molecule has 0 aliphatic carbocycles. The van der Waals surface area contributed by atoms with Gasteiger partial charge in [0.25, 0.3) is 0 Å². The molecule has 0 aliphatic rings. The quantitative estimate of drug-likeness (QED) is 0.576. The summed E-state index contributed by atoms with van der Waals surface area (Å²) in [6.07, 6.45) is 1.66. The van der Waals surface area contributed by atoms with Gasteiger partial charge >= 0.3 is 0 Å². The molecule has 0 spiro atoms. The third-order valence-electron chi connectivity index (χ3n) is 0.971. The van der Waals surface area contributed by atoms with Gasteiger partial charge in [0.2, 0.25) is 5.91 Å². The minimum absolute atomic E-state index is 0.0981. The van der Waals surface area contributed by atoms with E-state index in [1.54, 1.807) is 13.1 Å². The van der Waals surface area contributed by atoms with E-state index in [1.807, 2.05) is 0 Å². The summed E-state index contributed by atoms with van der Waals surface area (Å²) in [5, 5.41) is 7.30. The van der Waals surface area contributed by atoms with E-state index in [4.69, 9.17) is 5.73 Å². The number of hydrogen-bond acceptors (Lipinski definition) is 3. The molecular weight excluding hydrogens is 132 g/mol. The predicted octanol–water partition coefficient (Wildman–Crippen LogP) is -0.928. The van der Waals surface area contributed by atoms with Crippen LogP contribution in [0.5, 0.6) is 0 Å². The molecule has 1 rings (SSSR count). The number of nitrogens with zero attached hydrogens (tertiary/aromatic N) is 3. The van der Waals surface area contributed by atoms with Crippen LogP contribution in [-0.2, 0) is 11.3 Å². The Morgan fingerprint density at radius 3 is 3.00 bits per heavy atom. The minimum atomic E-state index is -0.412. The van der Waals surface area contributed by atoms with Crippen molar-refractivity contribution in [2.75, 3.05) is 0 Å². The van der Waals surface area contributed by atoms with Crippen molar-refractivity contribution in [3.8, 4) is 0 Å². The standard InChI is InChI=1S/C5H8N4O/c1-4-2-9(8-7-4)3-5(6)10/h2H,3H2,1H3,(H2,6,10). The van der Waals surface area contributed by atoms with Crippen molar-refractivity contribution < 1.29 is 4.79 Å². The molecule has 5 nitrogen and oxygen atoms in total. The van der Waals surface area contributed by atoms with Crippen LogP contribution in [0.25, 0.3) is 0 Å². The topological polar surface area (TPSA) is 73.8 Å². The van der Waals surface area contributed by atoms with E-state index in [0.29, 0.717) is 0 Å². The van der Waals surface area contributed by atoms with Crippen molar-refractivity contribution in [2.24, 2.45) is 5.73 Å². The first-order chi connectivity index (χ1) is 4.68. The van der Waals surface area contributed by atoms with Crippen molar-refractivity contribution in [2.45, 2.75) is 13.5 Å². The van der Waals surface area contributed by atoms with Gasteiger partial charge in [-0.3, -0.25) is 4.79 Å². The average Bonchev–Trinajstić information content (AvgIpc) is 2.13. The van der Waals surface area contributed by atoms with E-state index in [0.717, 1.165) is 5.69 Å². The number of primary amides is 1. The van der Waals surface area contributed by atoms with Crippen LogP contribution in [0.3, 0.4) is 0 Å². The second-order valence-electron chi connectivity index (χ2n) is 2.02. The molecule has 0 bridgehead atoms. The molecule has 0 saturated carbocycles. The Bertz CT molecular complexity index is 242. The third-order valence-corrected chi connectivity index (χ3v) is 0.971. The molecule has 1 aromatic heterocycles. The summed E-state index contributed by atoms with van der Waals surface area (Å²) >= 11 is 0. The maximum absolute atomic E-state index is 10.3. The van der Waals surface area contributed by atoms with Gasteiger partial charge in [-0.1, -0.05) is 5.21 Å². The van der Waals surface area contributed by atoms with Crippen LogP contribution < -0.4 is 5.73 Å². The van der Waals surface area contributed by atoms with Gasteiger partial charge in [0.1, 0.15) is 6.54 Å². The van der Waals surface area contributed by atoms with Crippen LogP contribution in [0, 0.1) is 6.92 Å². The van der Waals surface area contributed by atoms with Gasteiger partial charge in [0, 0.05) is 6.20 Å². The van der Waals surface area contributed by atoms with Crippen molar-refractivity contribution in [1.29, 1.82) is 0 Å². The largest absolute Gasteiger partial charge is 0.368 e. The van der Waals surface area contributed by atoms with Crippen LogP contribution in [0.1, 0.15) is 5.69 Å². The molecule has 54 valence electrons. The molecule has 1 amide bonds. The summed E-state index contributed by atoms with van der Waals surface area (Å²) in [7, 11) is 0. The lowest BCUT2D eigenvalue weighted by atomic mass is 10.5. The smallest absolute Gasteiger partial charge is 0.239 e. The Hall–Kier alpha value is -1.39. The fraction of sp³-hybridized carbons (Fsp3) is 0.400. The maximum atomic E-state index is 10.3. The van der Waals surface area contributed by atoms with Crippen LogP contribution >= 0.6 is 0 Å². The van der Waals surface area contributed by atoms with E-state index in [-0.39, 0.29) is 6.54 Å². The van der Waals surface area contributed by atoms with Crippen molar-refractivity contribution >= 4 is 5.91 Å². The van der Waals surface area contributed by atoms with Gasteiger partial charge in [-0.05, 0) is 6.92 Å². The van der Waals surface area contributed by atoms with Crippen LogP contribution in [-0.4, -0.2) is 20.9 Å². The van der Waals surface area contributed by atoms with Gasteiger partial charge in [0.15, 0.2) is 0 Å². The van der Waals surface area contributed by atoms with Crippen LogP contribution in [0.2, 0.25) is 0 Å². The number of rotatable bonds is 2. The highest BCUT2D eigenvalue weighted by molar-refractivity contribution is 5.73. The van der Waals surface area contributed by atoms with Gasteiger partial charge in [-0.2, -0.15) is 0 Å². The summed E-state index contributed by atoms with van der Waals surface area (Å²) in [6.45, 7) is 1.89. The molecule has 0 aliphatic heterocycles. The first-order valence-electron chi connectivity index (χ1n) is 2.83. The Morgan fingerprint density at radius 2 is 2.60 bits per heavy atom. The molecule has 2 N–H and O–H groups in total. The molecule has 0 fully saturated rings. The Balaban J connectivity index is 2.67. The fourth-order valence-electron chi connectivity index (χ4n) is 0.632. The molecule has 5 heteroatoms. The second-order valence-corrected chi connectivity index (χ2v) is 2.02. The Morgan fingerprint density at radius 1 is 1.90 bits per heavy atom. The van der Waals surface area contributed by atoms with Crippen LogP contribution in [0.15, 0.2) is 6.20 Å². The minimum Gasteiger partial charge on any atom is -0.368 e. The van der Waals surface area contributed by atoms with Crippen molar-refractivity contribution in [1.82, 2.24) is 15.0 Å². The van der Waals surface area contributed by atoms with Gasteiger partial charge in [-0.15, -0.1) is 5.10 Å². The highest BCUT2D eigenvalue weighted by atomic mass is 16.1. The Labute approximate surface area is 57.8 Å². The highest BCUT2D eigenvalue weighted by Crippen LogP contribution is 1.87. The van der Waals surface area contributed by atoms with E-state index in [2.05, 4.69) is 10.3 Å². The van der Waals surface area contributed by atoms with Gasteiger partial charge < -0.3 is 5.73 Å². The maximum Gasteiger partial charge on any atom is 0.239 e. The van der Waals surface area contributed by atoms with Gasteiger partial charge in [-0.25, -0.2) is 4.68 Å². The van der Waals surface area contributed by atoms with Crippen molar-refractivity contribution in [3.63, 3.8) is 0 Å². The summed E-state index contributed by atoms with van der Waals surface area (Å²) in [5.74, 6) is -0.412. The lowest BCUT2D eigenvalue weighted by Gasteiger charge is -1.91. The molecule has 0 saturated heterocycles. The number of carbonyl (C=O) groups excluding carboxylic acids is 1. The predicted molar refractivity (Wildman–Crippen MR) is 34.0 cm³/mol. The lowest BCUT2D eigenvalue weighted by molar-refractivity contribution is -0.118. The number of nitrogens with two attached hydrogens (primary N) is 1. The van der Waals surface area contributed by atoms with Crippen LogP contribution in [0.4, 0.5) is 0 Å². The zero-order valence-electron chi connectivity index (χ0n) is 5.61. The molecule has 0 atom stereocenters. The molecule has 10 heavy (non-hydrogen) atoms. The molecular formula is C5H8N4O. The summed E-state index contributed by atoms with van der Waals surface area (Å²) in [4.78, 5) is 10.3. The zero-order chi connectivity index (χ0) is 7.56. The third kappa shape index (κ3) is 1.54. The molecule has 1 heterocycles. The van der Waals surface area contributed by atoms with E-state index in [1.165, 1.54) is 4.68 Å². The number of aryl methyl sites for hydroxylation is 1. The van der Waals surface area contributed by atoms with E-state index >= 15 is 0 Å². The normalized spacial score (nSPS) is 9.70. The summed E-state index contributed by atoms with van der Waals surface area (Å²) in [6, 6.07) is 0. The summed E-state index contributed by atoms with van der Waals surface area (Å²) < 4.78 is 1.40. The Kier molecular flexibility index (Phi) is 1.66. The lowest BCUT2D eigenvalue weighted by Crippen LogP contribution is -2.18. The fourth-order valence-corrected chi connectivity index (χ4v) is 0.632. The van der Waals surface area contributed by atoms with E-state index < -0.39 is 5.91 Å². The first-order valence-corrected chi connectivity index (χ1v) is 2.83. The molecule has 0 aromatic carbocycles. The summed E-state index contributed by atoms with van der Waals surface area (Å²) in [5.41, 5.74) is 5.69. The molecule has 0 unspecified atom stereocenters. The first kappa shape index (κ1) is 6.73. The molecule has 1 aromatic rings.